The number of aromatic nitrogens is 2. The number of ether oxygens (including phenoxy) is 2. The zero-order chi connectivity index (χ0) is 41.3. The van der Waals surface area contributed by atoms with Crippen molar-refractivity contribution in [3.05, 3.63) is 130 Å². The van der Waals surface area contributed by atoms with Crippen LogP contribution in [0, 0.1) is 5.92 Å². The smallest absolute Gasteiger partial charge is 0.392 e. The summed E-state index contributed by atoms with van der Waals surface area (Å²) in [5.74, 6) is -2.62. The SMILES string of the molecule is C[C@H]1[C@@H](CN2CCC(n3c(=O)[nH]c4ccccc43)CC2)O[C@@H](c2cccc(-c3cccc(CNC(=O)[C@@H]4CCCN4C(=O)C(F)(F)F)c3)c2)O[C@H]1c1ccc(CO)cc1. The third-order valence-electron chi connectivity index (χ3n) is 12.1. The highest BCUT2D eigenvalue weighted by Gasteiger charge is 2.47. The second kappa shape index (κ2) is 17.1. The number of fused-ring (bicyclic) bond motifs is 1. The van der Waals surface area contributed by atoms with Crippen LogP contribution in [0.15, 0.2) is 102 Å². The van der Waals surface area contributed by atoms with Gasteiger partial charge < -0.3 is 34.7 Å². The number of H-pyrrole nitrogens is 1. The average Bonchev–Trinajstić information content (AvgIpc) is 3.88. The number of aliphatic hydroxyl groups excluding tert-OH is 1. The topological polar surface area (TPSA) is 129 Å². The van der Waals surface area contributed by atoms with E-state index in [9.17, 15) is 32.7 Å². The fourth-order valence-electron chi connectivity index (χ4n) is 8.86. The molecule has 5 aromatic rings. The van der Waals surface area contributed by atoms with Crippen molar-refractivity contribution in [1.29, 1.82) is 0 Å². The monoisotopic (exact) mass is 811 g/mol. The van der Waals surface area contributed by atoms with Gasteiger partial charge in [0.2, 0.25) is 5.91 Å². The molecule has 2 amide bonds. The summed E-state index contributed by atoms with van der Waals surface area (Å²) in [7, 11) is 0. The minimum absolute atomic E-state index is 0.0156. The van der Waals surface area contributed by atoms with E-state index in [1.54, 1.807) is 0 Å². The molecule has 11 nitrogen and oxygen atoms in total. The molecule has 0 bridgehead atoms. The van der Waals surface area contributed by atoms with Crippen LogP contribution in [0.4, 0.5) is 13.2 Å². The fraction of sp³-hybridized carbons (Fsp3) is 0.400. The summed E-state index contributed by atoms with van der Waals surface area (Å²) >= 11 is 0. The predicted molar refractivity (Wildman–Crippen MR) is 215 cm³/mol. The Hall–Kier alpha value is -5.28. The molecule has 3 N–H and O–H groups in total. The Bertz CT molecular complexity index is 2340. The van der Waals surface area contributed by atoms with Gasteiger partial charge in [0.25, 0.3) is 0 Å². The van der Waals surface area contributed by atoms with Crippen LogP contribution in [0.3, 0.4) is 0 Å². The summed E-state index contributed by atoms with van der Waals surface area (Å²) in [4.78, 5) is 43.8. The molecule has 0 spiro atoms. The molecule has 14 heteroatoms. The molecule has 3 fully saturated rings. The van der Waals surface area contributed by atoms with Crippen LogP contribution in [-0.4, -0.2) is 80.8 Å². The Morgan fingerprint density at radius 1 is 0.847 bits per heavy atom. The predicted octanol–water partition coefficient (Wildman–Crippen LogP) is 6.79. The molecule has 0 radical (unpaired) electrons. The molecule has 3 saturated heterocycles. The van der Waals surface area contributed by atoms with Crippen molar-refractivity contribution in [2.45, 2.75) is 82.5 Å². The molecule has 0 aliphatic carbocycles. The molecule has 4 aromatic carbocycles. The number of halogens is 3. The number of para-hydroxylation sites is 2. The van der Waals surface area contributed by atoms with E-state index in [2.05, 4.69) is 22.1 Å². The highest BCUT2D eigenvalue weighted by molar-refractivity contribution is 5.90. The molecule has 59 heavy (non-hydrogen) atoms. The normalized spacial score (nSPS) is 23.1. The number of aromatic amines is 1. The lowest BCUT2D eigenvalue weighted by Gasteiger charge is -2.44. The van der Waals surface area contributed by atoms with Crippen LogP contribution in [0.25, 0.3) is 22.2 Å². The summed E-state index contributed by atoms with van der Waals surface area (Å²) in [5, 5.41) is 12.4. The number of carbonyl (C=O) groups is 2. The second-order valence-electron chi connectivity index (χ2n) is 15.9. The lowest BCUT2D eigenvalue weighted by Crippen LogP contribution is -2.50. The number of imidazole rings is 1. The van der Waals surface area contributed by atoms with Gasteiger partial charge in [0.15, 0.2) is 6.29 Å². The van der Waals surface area contributed by atoms with Crippen LogP contribution in [-0.2, 0) is 32.2 Å². The van der Waals surface area contributed by atoms with Crippen molar-refractivity contribution < 1.29 is 37.3 Å². The lowest BCUT2D eigenvalue weighted by molar-refractivity contribution is -0.276. The number of aliphatic hydroxyl groups is 1. The van der Waals surface area contributed by atoms with Gasteiger partial charge in [-0.1, -0.05) is 79.7 Å². The van der Waals surface area contributed by atoms with E-state index in [-0.39, 0.29) is 56.0 Å². The number of hydrogen-bond donors (Lipinski definition) is 3. The van der Waals surface area contributed by atoms with Crippen LogP contribution >= 0.6 is 0 Å². The van der Waals surface area contributed by atoms with Gasteiger partial charge in [-0.2, -0.15) is 13.2 Å². The van der Waals surface area contributed by atoms with E-state index >= 15 is 0 Å². The molecule has 0 unspecified atom stereocenters. The number of nitrogens with zero attached hydrogens (tertiary/aromatic N) is 3. The average molecular weight is 812 g/mol. The van der Waals surface area contributed by atoms with E-state index < -0.39 is 30.3 Å². The Morgan fingerprint density at radius 2 is 1.58 bits per heavy atom. The molecule has 4 heterocycles. The van der Waals surface area contributed by atoms with Gasteiger partial charge in [-0.25, -0.2) is 4.79 Å². The van der Waals surface area contributed by atoms with Gasteiger partial charge in [0.05, 0.1) is 29.8 Å². The number of alkyl halides is 3. The molecule has 3 aliphatic heterocycles. The number of nitrogens with one attached hydrogen (secondary N) is 2. The quantitative estimate of drug-likeness (QED) is 0.142. The van der Waals surface area contributed by atoms with E-state index in [1.807, 2.05) is 102 Å². The van der Waals surface area contributed by atoms with E-state index in [1.165, 1.54) is 0 Å². The van der Waals surface area contributed by atoms with Crippen molar-refractivity contribution in [2.24, 2.45) is 5.92 Å². The van der Waals surface area contributed by atoms with Gasteiger partial charge >= 0.3 is 17.8 Å². The van der Waals surface area contributed by atoms with Crippen molar-refractivity contribution >= 4 is 22.8 Å². The zero-order valence-electron chi connectivity index (χ0n) is 32.7. The van der Waals surface area contributed by atoms with Crippen LogP contribution < -0.4 is 11.0 Å². The molecule has 8 rings (SSSR count). The Labute approximate surface area is 339 Å². The van der Waals surface area contributed by atoms with Gasteiger partial charge in [0, 0.05) is 50.2 Å². The summed E-state index contributed by atoms with van der Waals surface area (Å²) in [5.41, 5.74) is 6.80. The van der Waals surface area contributed by atoms with Crippen LogP contribution in [0.1, 0.15) is 73.3 Å². The summed E-state index contributed by atoms with van der Waals surface area (Å²) in [6, 6.07) is 30.0. The molecule has 3 aliphatic rings. The highest BCUT2D eigenvalue weighted by atomic mass is 19.4. The third-order valence-corrected chi connectivity index (χ3v) is 12.1. The van der Waals surface area contributed by atoms with Gasteiger partial charge in [-0.3, -0.25) is 14.2 Å². The van der Waals surface area contributed by atoms with E-state index in [0.29, 0.717) is 17.9 Å². The van der Waals surface area contributed by atoms with Crippen molar-refractivity contribution in [3.8, 4) is 11.1 Å². The first-order chi connectivity index (χ1) is 28.5. The van der Waals surface area contributed by atoms with E-state index in [0.717, 1.165) is 70.3 Å². The highest BCUT2D eigenvalue weighted by Crippen LogP contribution is 2.43. The van der Waals surface area contributed by atoms with Crippen molar-refractivity contribution in [2.75, 3.05) is 26.2 Å². The maximum absolute atomic E-state index is 13.1. The number of piperidine rings is 1. The maximum Gasteiger partial charge on any atom is 0.471 e. The van der Waals surface area contributed by atoms with Crippen molar-refractivity contribution in [1.82, 2.24) is 24.7 Å². The Kier molecular flexibility index (Phi) is 11.8. The number of rotatable bonds is 10. The minimum atomic E-state index is -5.04. The molecule has 310 valence electrons. The summed E-state index contributed by atoms with van der Waals surface area (Å²) in [6.45, 7) is 4.35. The molecule has 5 atom stereocenters. The molecule has 1 aromatic heterocycles. The largest absolute Gasteiger partial charge is 0.471 e. The van der Waals surface area contributed by atoms with Gasteiger partial charge in [0.1, 0.15) is 6.04 Å². The van der Waals surface area contributed by atoms with E-state index in [4.69, 9.17) is 9.47 Å². The summed E-state index contributed by atoms with van der Waals surface area (Å²) < 4.78 is 54.9. The number of hydrogen-bond acceptors (Lipinski definition) is 7. The van der Waals surface area contributed by atoms with Crippen LogP contribution in [0.5, 0.6) is 0 Å². The first-order valence-electron chi connectivity index (χ1n) is 20.2. The molecule has 0 saturated carbocycles. The number of carbonyl (C=O) groups excluding carboxylic acids is 2. The molecular weight excluding hydrogens is 764 g/mol. The number of amides is 2. The Morgan fingerprint density at radius 3 is 2.32 bits per heavy atom. The first-order valence-corrected chi connectivity index (χ1v) is 20.2. The zero-order valence-corrected chi connectivity index (χ0v) is 32.7. The van der Waals surface area contributed by atoms with Gasteiger partial charge in [-0.15, -0.1) is 0 Å². The molecular formula is C45H48F3N5O6. The van der Waals surface area contributed by atoms with Crippen molar-refractivity contribution in [3.63, 3.8) is 0 Å². The first kappa shape index (κ1) is 40.5. The third kappa shape index (κ3) is 8.72. The number of likely N-dealkylation sites (tertiary alicyclic amines) is 2. The fourth-order valence-corrected chi connectivity index (χ4v) is 8.86. The number of benzene rings is 4. The summed E-state index contributed by atoms with van der Waals surface area (Å²) in [6.07, 6.45) is -4.07. The van der Waals surface area contributed by atoms with Gasteiger partial charge in [-0.05, 0) is 77.8 Å². The van der Waals surface area contributed by atoms with Crippen LogP contribution in [0.2, 0.25) is 0 Å². The maximum atomic E-state index is 13.1. The standard InChI is InChI=1S/C45H48F3N5O6/c1-28-39(26-51-21-18-35(19-22-51)53-37-12-3-2-11-36(37)50-44(53)57)58-42(59-40(28)31-16-14-29(27-54)15-17-31)34-10-5-9-33(24-34)32-8-4-7-30(23-32)25-49-41(55)38-13-6-20-52(38)43(56)45(46,47)48/h2-5,7-12,14-17,23-24,28,35,38-40,42,54H,6,13,18-22,25-27H2,1H3,(H,49,55)(H,50,57)/t28-,38-,39+,40+,42+/m0/s1. The second-order valence-corrected chi connectivity index (χ2v) is 15.9. The minimum Gasteiger partial charge on any atom is -0.392 e. The lowest BCUT2D eigenvalue weighted by atomic mass is 9.89. The Balaban J connectivity index is 0.974.